The Balaban J connectivity index is 3.18. The van der Waals surface area contributed by atoms with Crippen LogP contribution in [-0.2, 0) is 0 Å². The molecule has 0 amide bonds. The minimum Gasteiger partial charge on any atom is -0.392 e. The summed E-state index contributed by atoms with van der Waals surface area (Å²) in [6, 6.07) is 0. The second-order valence-corrected chi connectivity index (χ2v) is 0.842. The van der Waals surface area contributed by atoms with Gasteiger partial charge < -0.3 is 5.11 Å². The SMILES string of the molecule is CC=C=CCO. The zero-order valence-electron chi connectivity index (χ0n) is 3.81. The standard InChI is InChI=1S/C5H8O/c1-2-3-4-5-6/h2,4,6H,5H2,1H3. The van der Waals surface area contributed by atoms with E-state index in [1.54, 1.807) is 12.2 Å². The zero-order valence-corrected chi connectivity index (χ0v) is 3.81. The second kappa shape index (κ2) is 4.48. The van der Waals surface area contributed by atoms with Crippen LogP contribution in [0.15, 0.2) is 17.9 Å². The number of hydrogen-bond donors (Lipinski definition) is 1. The van der Waals surface area contributed by atoms with Crippen LogP contribution >= 0.6 is 0 Å². The molecule has 0 rings (SSSR count). The van der Waals surface area contributed by atoms with E-state index in [4.69, 9.17) is 5.11 Å². The molecule has 0 unspecified atom stereocenters. The second-order valence-electron chi connectivity index (χ2n) is 0.842. The molecule has 1 heteroatoms. The van der Waals surface area contributed by atoms with Crippen LogP contribution in [0.3, 0.4) is 0 Å². The average molecular weight is 84.1 g/mol. The molecule has 0 heterocycles. The molecule has 0 aromatic rings. The van der Waals surface area contributed by atoms with E-state index in [-0.39, 0.29) is 6.61 Å². The highest BCUT2D eigenvalue weighted by atomic mass is 16.2. The summed E-state index contributed by atoms with van der Waals surface area (Å²) in [4.78, 5) is 0. The van der Waals surface area contributed by atoms with Crippen LogP contribution in [0.1, 0.15) is 6.92 Å². The molecule has 0 atom stereocenters. The Hall–Kier alpha value is -0.520. The Kier molecular flexibility index (Phi) is 4.09. The van der Waals surface area contributed by atoms with E-state index in [0.29, 0.717) is 0 Å². The Labute approximate surface area is 37.6 Å². The molecule has 0 aromatic carbocycles. The van der Waals surface area contributed by atoms with Crippen LogP contribution in [0.5, 0.6) is 0 Å². The number of hydrogen-bond acceptors (Lipinski definition) is 1. The summed E-state index contributed by atoms with van der Waals surface area (Å²) in [5.74, 6) is 0. The van der Waals surface area contributed by atoms with Gasteiger partial charge in [0.25, 0.3) is 0 Å². The molecule has 0 fully saturated rings. The van der Waals surface area contributed by atoms with Crippen molar-refractivity contribution in [2.24, 2.45) is 0 Å². The van der Waals surface area contributed by atoms with Crippen molar-refractivity contribution < 1.29 is 5.11 Å². The van der Waals surface area contributed by atoms with Gasteiger partial charge in [-0.3, -0.25) is 0 Å². The van der Waals surface area contributed by atoms with E-state index in [1.165, 1.54) is 0 Å². The highest BCUT2D eigenvalue weighted by molar-refractivity contribution is 4.80. The summed E-state index contributed by atoms with van der Waals surface area (Å²) in [5.41, 5.74) is 2.70. The fourth-order valence-corrected chi connectivity index (χ4v) is 0.171. The Bertz CT molecular complexity index is 68.0. The Morgan fingerprint density at radius 1 is 1.83 bits per heavy atom. The lowest BCUT2D eigenvalue weighted by Gasteiger charge is -1.63. The maximum atomic E-state index is 8.06. The molecule has 1 N–H and O–H groups in total. The molecular weight excluding hydrogens is 76.1 g/mol. The molecule has 6 heavy (non-hydrogen) atoms. The molecule has 0 aromatic heterocycles. The lowest BCUT2D eigenvalue weighted by molar-refractivity contribution is 0.343. The Morgan fingerprint density at radius 2 is 2.50 bits per heavy atom. The summed E-state index contributed by atoms with van der Waals surface area (Å²) in [6.07, 6.45) is 3.30. The van der Waals surface area contributed by atoms with Gasteiger partial charge in [-0.2, -0.15) is 0 Å². The van der Waals surface area contributed by atoms with Crippen LogP contribution in [0, 0.1) is 0 Å². The van der Waals surface area contributed by atoms with Gasteiger partial charge in [0.15, 0.2) is 0 Å². The third-order valence-corrected chi connectivity index (χ3v) is 0.376. The fourth-order valence-electron chi connectivity index (χ4n) is 0.171. The normalized spacial score (nSPS) is 6.33. The average Bonchev–Trinajstić information content (AvgIpc) is 1.61. The first kappa shape index (κ1) is 5.48. The first-order valence-corrected chi connectivity index (χ1v) is 1.88. The van der Waals surface area contributed by atoms with Crippen molar-refractivity contribution in [1.82, 2.24) is 0 Å². The summed E-state index contributed by atoms with van der Waals surface area (Å²) >= 11 is 0. The van der Waals surface area contributed by atoms with Gasteiger partial charge in [-0.15, -0.1) is 5.73 Å². The first-order chi connectivity index (χ1) is 2.91. The van der Waals surface area contributed by atoms with Crippen LogP contribution in [0.4, 0.5) is 0 Å². The van der Waals surface area contributed by atoms with E-state index in [0.717, 1.165) is 0 Å². The highest BCUT2D eigenvalue weighted by Gasteiger charge is 1.52. The van der Waals surface area contributed by atoms with E-state index >= 15 is 0 Å². The third-order valence-electron chi connectivity index (χ3n) is 0.376. The molecule has 0 bridgehead atoms. The molecule has 0 aliphatic rings. The molecule has 0 aliphatic carbocycles. The molecule has 0 saturated carbocycles. The van der Waals surface area contributed by atoms with Crippen molar-refractivity contribution in [3.05, 3.63) is 17.9 Å². The monoisotopic (exact) mass is 84.1 g/mol. The van der Waals surface area contributed by atoms with E-state index in [2.05, 4.69) is 5.73 Å². The summed E-state index contributed by atoms with van der Waals surface area (Å²) in [6.45, 7) is 1.94. The lowest BCUT2D eigenvalue weighted by Crippen LogP contribution is -1.64. The molecule has 34 valence electrons. The summed E-state index contributed by atoms with van der Waals surface area (Å²) < 4.78 is 0. The largest absolute Gasteiger partial charge is 0.392 e. The van der Waals surface area contributed by atoms with Crippen LogP contribution in [0.2, 0.25) is 0 Å². The van der Waals surface area contributed by atoms with Crippen molar-refractivity contribution >= 4 is 0 Å². The lowest BCUT2D eigenvalue weighted by atomic mass is 10.6. The third kappa shape index (κ3) is 3.48. The summed E-state index contributed by atoms with van der Waals surface area (Å²) in [7, 11) is 0. The van der Waals surface area contributed by atoms with Crippen molar-refractivity contribution in [3.8, 4) is 0 Å². The molecule has 0 radical (unpaired) electrons. The first-order valence-electron chi connectivity index (χ1n) is 1.88. The van der Waals surface area contributed by atoms with Crippen LogP contribution in [-0.4, -0.2) is 11.7 Å². The van der Waals surface area contributed by atoms with Gasteiger partial charge in [0.1, 0.15) is 0 Å². The van der Waals surface area contributed by atoms with Gasteiger partial charge in [0.05, 0.1) is 6.61 Å². The molecule has 0 spiro atoms. The number of rotatable bonds is 1. The van der Waals surface area contributed by atoms with Gasteiger partial charge in [-0.25, -0.2) is 0 Å². The van der Waals surface area contributed by atoms with Crippen LogP contribution in [0.25, 0.3) is 0 Å². The topological polar surface area (TPSA) is 20.2 Å². The minimum absolute atomic E-state index is 0.0876. The molecule has 1 nitrogen and oxygen atoms in total. The summed E-state index contributed by atoms with van der Waals surface area (Å²) in [5, 5.41) is 8.06. The maximum absolute atomic E-state index is 8.06. The van der Waals surface area contributed by atoms with E-state index < -0.39 is 0 Å². The van der Waals surface area contributed by atoms with E-state index in [9.17, 15) is 0 Å². The number of aliphatic hydroxyl groups excluding tert-OH is 1. The smallest absolute Gasteiger partial charge is 0.0686 e. The van der Waals surface area contributed by atoms with Crippen molar-refractivity contribution in [2.45, 2.75) is 6.92 Å². The molecule has 0 aliphatic heterocycles. The maximum Gasteiger partial charge on any atom is 0.0686 e. The fraction of sp³-hybridized carbons (Fsp3) is 0.400. The van der Waals surface area contributed by atoms with E-state index in [1.807, 2.05) is 6.92 Å². The van der Waals surface area contributed by atoms with Gasteiger partial charge in [-0.05, 0) is 19.1 Å². The van der Waals surface area contributed by atoms with Crippen molar-refractivity contribution in [2.75, 3.05) is 6.61 Å². The zero-order chi connectivity index (χ0) is 4.83. The predicted octanol–water partition coefficient (Wildman–Crippen LogP) is 0.710. The van der Waals surface area contributed by atoms with Gasteiger partial charge in [0, 0.05) is 0 Å². The highest BCUT2D eigenvalue weighted by Crippen LogP contribution is 1.60. The van der Waals surface area contributed by atoms with Crippen molar-refractivity contribution in [1.29, 1.82) is 0 Å². The predicted molar refractivity (Wildman–Crippen MR) is 25.4 cm³/mol. The number of aliphatic hydroxyl groups is 1. The quantitative estimate of drug-likeness (QED) is 0.464. The van der Waals surface area contributed by atoms with Crippen LogP contribution < -0.4 is 0 Å². The minimum atomic E-state index is 0.0876. The van der Waals surface area contributed by atoms with Crippen molar-refractivity contribution in [3.63, 3.8) is 0 Å². The Morgan fingerprint density at radius 3 is 2.67 bits per heavy atom. The van der Waals surface area contributed by atoms with Gasteiger partial charge in [0.2, 0.25) is 0 Å². The molecule has 0 saturated heterocycles. The molecular formula is C5H8O. The van der Waals surface area contributed by atoms with Gasteiger partial charge in [-0.1, -0.05) is 0 Å². The van der Waals surface area contributed by atoms with Gasteiger partial charge >= 0.3 is 0 Å².